The molecule has 1 aromatic heterocycles. The van der Waals surface area contributed by atoms with Gasteiger partial charge in [0.1, 0.15) is 0 Å². The highest BCUT2D eigenvalue weighted by Gasteiger charge is 2.27. The summed E-state index contributed by atoms with van der Waals surface area (Å²) in [5.74, 6) is -0.340. The maximum absolute atomic E-state index is 14.5. The number of halogens is 2. The van der Waals surface area contributed by atoms with E-state index < -0.39 is 17.7 Å². The highest BCUT2D eigenvalue weighted by atomic mass is 19.2. The fraction of sp³-hybridized carbons (Fsp3) is 0.273. The maximum atomic E-state index is 14.5. The summed E-state index contributed by atoms with van der Waals surface area (Å²) in [5, 5.41) is 3.36. The summed E-state index contributed by atoms with van der Waals surface area (Å²) in [5.41, 5.74) is 3.03. The maximum Gasteiger partial charge on any atom is 0.163 e. The Morgan fingerprint density at radius 1 is 1.04 bits per heavy atom. The van der Waals surface area contributed by atoms with Crippen LogP contribution >= 0.6 is 0 Å². The molecule has 0 amide bonds. The smallest absolute Gasteiger partial charge is 0.163 e. The number of rotatable bonds is 5. The van der Waals surface area contributed by atoms with Gasteiger partial charge in [-0.25, -0.2) is 8.78 Å². The highest BCUT2D eigenvalue weighted by molar-refractivity contribution is 5.56. The van der Waals surface area contributed by atoms with Crippen molar-refractivity contribution in [2.75, 3.05) is 13.2 Å². The zero-order valence-corrected chi connectivity index (χ0v) is 15.8. The Hall–Kier alpha value is -2.86. The predicted octanol–water partition coefficient (Wildman–Crippen LogP) is 4.75. The van der Waals surface area contributed by atoms with E-state index in [1.165, 1.54) is 6.07 Å². The van der Waals surface area contributed by atoms with E-state index in [-0.39, 0.29) is 5.56 Å². The number of hydrogen-bond donors (Lipinski definition) is 1. The van der Waals surface area contributed by atoms with Gasteiger partial charge in [0.05, 0.1) is 24.9 Å². The molecule has 0 bridgehead atoms. The largest absolute Gasteiger partial charge is 0.490 e. The van der Waals surface area contributed by atoms with Crippen LogP contribution in [0.25, 0.3) is 5.69 Å². The van der Waals surface area contributed by atoms with Gasteiger partial charge in [-0.2, -0.15) is 0 Å². The molecule has 0 radical (unpaired) electrons. The van der Waals surface area contributed by atoms with Crippen molar-refractivity contribution in [3.63, 3.8) is 0 Å². The van der Waals surface area contributed by atoms with E-state index in [1.54, 1.807) is 6.07 Å². The summed E-state index contributed by atoms with van der Waals surface area (Å²) in [6.45, 7) is 5.37. The second-order valence-corrected chi connectivity index (χ2v) is 6.55. The normalized spacial score (nSPS) is 15.5. The molecule has 0 fully saturated rings. The fourth-order valence-corrected chi connectivity index (χ4v) is 3.67. The Morgan fingerprint density at radius 2 is 1.79 bits per heavy atom. The third-order valence-corrected chi connectivity index (χ3v) is 4.87. The van der Waals surface area contributed by atoms with Gasteiger partial charge in [0, 0.05) is 30.1 Å². The van der Waals surface area contributed by atoms with Crippen LogP contribution in [0, 0.1) is 11.6 Å². The van der Waals surface area contributed by atoms with Gasteiger partial charge in [-0.3, -0.25) is 0 Å². The van der Waals surface area contributed by atoms with Crippen LogP contribution in [0.2, 0.25) is 0 Å². The molecule has 1 aliphatic heterocycles. The van der Waals surface area contributed by atoms with Crippen molar-refractivity contribution in [2.24, 2.45) is 0 Å². The van der Waals surface area contributed by atoms with Crippen LogP contribution in [-0.2, 0) is 6.54 Å². The van der Waals surface area contributed by atoms with Crippen molar-refractivity contribution < 1.29 is 18.3 Å². The van der Waals surface area contributed by atoms with E-state index in [9.17, 15) is 8.78 Å². The molecule has 2 heterocycles. The standard InChI is InChI=1S/C22H22F2N2O2/c1-3-27-19-11-14-13-25-22(15-7-5-8-16(23)21(15)24)17-9-6-10-26(17)18(14)12-20(19)28-4-2/h5-12,22,25H,3-4,13H2,1-2H3/t22-/m0/s1. The van der Waals surface area contributed by atoms with Crippen LogP contribution in [0.5, 0.6) is 11.5 Å². The van der Waals surface area contributed by atoms with E-state index in [0.29, 0.717) is 31.3 Å². The van der Waals surface area contributed by atoms with E-state index in [1.807, 2.05) is 48.9 Å². The number of nitrogens with one attached hydrogen (secondary N) is 1. The molecule has 1 aliphatic rings. The monoisotopic (exact) mass is 384 g/mol. The zero-order valence-electron chi connectivity index (χ0n) is 15.8. The molecule has 0 aliphatic carbocycles. The van der Waals surface area contributed by atoms with Crippen molar-refractivity contribution >= 4 is 0 Å². The second kappa shape index (κ2) is 7.64. The Balaban J connectivity index is 1.85. The molecule has 0 saturated heterocycles. The molecule has 6 heteroatoms. The van der Waals surface area contributed by atoms with Crippen LogP contribution in [-0.4, -0.2) is 17.8 Å². The Kier molecular flexibility index (Phi) is 5.05. The molecule has 146 valence electrons. The number of hydrogen-bond acceptors (Lipinski definition) is 3. The van der Waals surface area contributed by atoms with E-state index >= 15 is 0 Å². The van der Waals surface area contributed by atoms with Crippen LogP contribution < -0.4 is 14.8 Å². The molecule has 0 unspecified atom stereocenters. The number of fused-ring (bicyclic) bond motifs is 3. The summed E-state index contributed by atoms with van der Waals surface area (Å²) >= 11 is 0. The third-order valence-electron chi connectivity index (χ3n) is 4.87. The lowest BCUT2D eigenvalue weighted by Crippen LogP contribution is -2.22. The van der Waals surface area contributed by atoms with Crippen molar-refractivity contribution in [2.45, 2.75) is 26.4 Å². The molecule has 4 nitrogen and oxygen atoms in total. The predicted molar refractivity (Wildman–Crippen MR) is 103 cm³/mol. The van der Waals surface area contributed by atoms with Crippen molar-refractivity contribution in [3.05, 3.63) is 77.1 Å². The first-order valence-electron chi connectivity index (χ1n) is 9.41. The third kappa shape index (κ3) is 3.14. The minimum absolute atomic E-state index is 0.280. The molecule has 1 atom stereocenters. The van der Waals surface area contributed by atoms with E-state index in [0.717, 1.165) is 23.0 Å². The van der Waals surface area contributed by atoms with Crippen LogP contribution in [0.3, 0.4) is 0 Å². The van der Waals surface area contributed by atoms with Gasteiger partial charge >= 0.3 is 0 Å². The quantitative estimate of drug-likeness (QED) is 0.690. The summed E-state index contributed by atoms with van der Waals surface area (Å²) in [6, 6.07) is 11.5. The van der Waals surface area contributed by atoms with Gasteiger partial charge in [-0.15, -0.1) is 0 Å². The molecule has 1 N–H and O–H groups in total. The summed E-state index contributed by atoms with van der Waals surface area (Å²) in [4.78, 5) is 0. The van der Waals surface area contributed by atoms with Gasteiger partial charge in [-0.05, 0) is 43.7 Å². The minimum Gasteiger partial charge on any atom is -0.490 e. The van der Waals surface area contributed by atoms with Gasteiger partial charge in [0.15, 0.2) is 23.1 Å². The lowest BCUT2D eigenvalue weighted by Gasteiger charge is -2.19. The van der Waals surface area contributed by atoms with Gasteiger partial charge in [-0.1, -0.05) is 12.1 Å². The SMILES string of the molecule is CCOc1cc2c(cc1OCC)-n1cccc1[C@H](c1cccc(F)c1F)NC2. The average molecular weight is 384 g/mol. The minimum atomic E-state index is -0.851. The number of ether oxygens (including phenoxy) is 2. The Morgan fingerprint density at radius 3 is 2.54 bits per heavy atom. The Labute approximate surface area is 162 Å². The summed E-state index contributed by atoms with van der Waals surface area (Å²) < 4.78 is 41.8. The molecular weight excluding hydrogens is 362 g/mol. The lowest BCUT2D eigenvalue weighted by atomic mass is 10.0. The summed E-state index contributed by atoms with van der Waals surface area (Å²) in [7, 11) is 0. The molecule has 3 aromatic rings. The highest BCUT2D eigenvalue weighted by Crippen LogP contribution is 2.38. The first kappa shape index (κ1) is 18.5. The Bertz CT molecular complexity index is 1000. The van der Waals surface area contributed by atoms with Crippen molar-refractivity contribution in [3.8, 4) is 17.2 Å². The molecular formula is C22H22F2N2O2. The second-order valence-electron chi connectivity index (χ2n) is 6.55. The van der Waals surface area contributed by atoms with Crippen molar-refractivity contribution in [1.29, 1.82) is 0 Å². The van der Waals surface area contributed by atoms with Gasteiger partial charge in [0.25, 0.3) is 0 Å². The molecule has 0 spiro atoms. The molecule has 2 aromatic carbocycles. The number of aromatic nitrogens is 1. The zero-order chi connectivity index (χ0) is 19.7. The molecule has 28 heavy (non-hydrogen) atoms. The average Bonchev–Trinajstić information content (AvgIpc) is 3.11. The summed E-state index contributed by atoms with van der Waals surface area (Å²) in [6.07, 6.45) is 1.92. The van der Waals surface area contributed by atoms with Crippen LogP contribution in [0.4, 0.5) is 8.78 Å². The van der Waals surface area contributed by atoms with E-state index in [4.69, 9.17) is 9.47 Å². The first-order valence-corrected chi connectivity index (χ1v) is 9.41. The topological polar surface area (TPSA) is 35.4 Å². The lowest BCUT2D eigenvalue weighted by molar-refractivity contribution is 0.287. The first-order chi connectivity index (χ1) is 13.6. The fourth-order valence-electron chi connectivity index (χ4n) is 3.67. The van der Waals surface area contributed by atoms with Gasteiger partial charge in [0.2, 0.25) is 0 Å². The van der Waals surface area contributed by atoms with Crippen LogP contribution in [0.15, 0.2) is 48.7 Å². The molecule has 0 saturated carbocycles. The van der Waals surface area contributed by atoms with Crippen molar-refractivity contribution in [1.82, 2.24) is 9.88 Å². The van der Waals surface area contributed by atoms with Crippen LogP contribution in [0.1, 0.15) is 36.7 Å². The van der Waals surface area contributed by atoms with E-state index in [2.05, 4.69) is 5.32 Å². The molecule has 4 rings (SSSR count). The van der Waals surface area contributed by atoms with Gasteiger partial charge < -0.3 is 19.4 Å². The number of benzene rings is 2. The number of nitrogens with zero attached hydrogens (tertiary/aromatic N) is 1.